The van der Waals surface area contributed by atoms with Gasteiger partial charge in [0, 0.05) is 59.1 Å². The van der Waals surface area contributed by atoms with Crippen LogP contribution in [0.25, 0.3) is 22.2 Å². The van der Waals surface area contributed by atoms with Gasteiger partial charge in [0.05, 0.1) is 58.1 Å². The molecule has 62 heavy (non-hydrogen) atoms. The van der Waals surface area contributed by atoms with Crippen LogP contribution in [0.2, 0.25) is 0 Å². The van der Waals surface area contributed by atoms with Crippen molar-refractivity contribution in [1.29, 1.82) is 0 Å². The van der Waals surface area contributed by atoms with Crippen molar-refractivity contribution in [1.82, 2.24) is 50.5 Å². The van der Waals surface area contributed by atoms with Crippen molar-refractivity contribution in [3.05, 3.63) is 100 Å². The van der Waals surface area contributed by atoms with Gasteiger partial charge in [-0.25, -0.2) is 14.1 Å². The highest BCUT2D eigenvalue weighted by Gasteiger charge is 2.41. The van der Waals surface area contributed by atoms with Gasteiger partial charge in [-0.1, -0.05) is 35.5 Å². The topological polar surface area (TPSA) is 188 Å². The van der Waals surface area contributed by atoms with E-state index in [2.05, 4.69) is 60.5 Å². The van der Waals surface area contributed by atoms with Gasteiger partial charge < -0.3 is 30.7 Å². The Morgan fingerprint density at radius 3 is 2.61 bits per heavy atom. The molecule has 17 nitrogen and oxygen atoms in total. The summed E-state index contributed by atoms with van der Waals surface area (Å²) in [5.74, 6) is -2.18. The second-order valence-electron chi connectivity index (χ2n) is 15.5. The zero-order valence-electron chi connectivity index (χ0n) is 35.4. The number of fused-ring (bicyclic) bond motifs is 1. The summed E-state index contributed by atoms with van der Waals surface area (Å²) in [6.45, 7) is 2.84. The number of benzene rings is 3. The minimum Gasteiger partial charge on any atom is -0.359 e. The van der Waals surface area contributed by atoms with Crippen LogP contribution >= 0.6 is 0 Å². The standard InChI is InChI=1S/C44H52FN11O6/c1-46-24-28-11-13-29(14-12-28)41-33-17-18-48-42(59)35-22-30(45)23-37(39(33)35)55(41)19-6-5-8-31-25-54(51-49-31)27-53(4)62-21-20-52(3)50-36-10-7-9-34-40(36)44(61)56(43(34)60)32(26-57)15-16-38(58)47-2/h7,9-14,22-23,25-26,32,46,50H,5-6,8,15-21,24,27H2,1-4H3,(H,47,58)(H,48,59). The molecule has 0 saturated carbocycles. The van der Waals surface area contributed by atoms with Crippen LogP contribution in [0.5, 0.6) is 0 Å². The highest BCUT2D eigenvalue weighted by atomic mass is 19.1. The second-order valence-corrected chi connectivity index (χ2v) is 15.5. The van der Waals surface area contributed by atoms with Crippen molar-refractivity contribution < 1.29 is 33.2 Å². The Morgan fingerprint density at radius 1 is 1.05 bits per heavy atom. The molecule has 0 saturated heterocycles. The molecule has 1 unspecified atom stereocenters. The summed E-state index contributed by atoms with van der Waals surface area (Å²) in [5, 5.41) is 21.4. The van der Waals surface area contributed by atoms with E-state index in [9.17, 15) is 24.0 Å². The number of anilines is 1. The number of hydrazine groups is 1. The maximum Gasteiger partial charge on any atom is 0.264 e. The van der Waals surface area contributed by atoms with Gasteiger partial charge >= 0.3 is 0 Å². The molecule has 0 spiro atoms. The molecular weight excluding hydrogens is 798 g/mol. The Balaban J connectivity index is 0.912. The lowest BCUT2D eigenvalue weighted by atomic mass is 9.99. The number of nitrogens with zero attached hydrogens (tertiary/aromatic N) is 7. The highest BCUT2D eigenvalue weighted by Crippen LogP contribution is 2.38. The largest absolute Gasteiger partial charge is 0.359 e. The Morgan fingerprint density at radius 2 is 1.85 bits per heavy atom. The van der Waals surface area contributed by atoms with Crippen LogP contribution in [0.3, 0.4) is 0 Å². The average Bonchev–Trinajstić information content (AvgIpc) is 3.87. The van der Waals surface area contributed by atoms with Crippen LogP contribution in [0.1, 0.15) is 73.6 Å². The van der Waals surface area contributed by atoms with Gasteiger partial charge in [0.25, 0.3) is 17.7 Å². The van der Waals surface area contributed by atoms with Gasteiger partial charge in [0.15, 0.2) is 0 Å². The highest BCUT2D eigenvalue weighted by molar-refractivity contribution is 6.24. The van der Waals surface area contributed by atoms with Crippen molar-refractivity contribution in [2.45, 2.75) is 64.3 Å². The number of carbonyl (C=O) groups excluding carboxylic acids is 5. The predicted octanol–water partition coefficient (Wildman–Crippen LogP) is 3.54. The van der Waals surface area contributed by atoms with Crippen LogP contribution < -0.4 is 21.4 Å². The monoisotopic (exact) mass is 849 g/mol. The number of hydrogen-bond donors (Lipinski definition) is 4. The lowest BCUT2D eigenvalue weighted by molar-refractivity contribution is -0.164. The maximum absolute atomic E-state index is 15.0. The first-order chi connectivity index (χ1) is 30.0. The molecule has 18 heteroatoms. The molecule has 7 rings (SSSR count). The summed E-state index contributed by atoms with van der Waals surface area (Å²) in [7, 11) is 6.94. The van der Waals surface area contributed by atoms with E-state index >= 15 is 4.39 Å². The molecule has 5 aromatic rings. The number of unbranched alkanes of at least 4 members (excludes halogenated alkanes) is 1. The zero-order valence-corrected chi connectivity index (χ0v) is 35.4. The number of aromatic nitrogens is 4. The predicted molar refractivity (Wildman–Crippen MR) is 229 cm³/mol. The molecule has 0 bridgehead atoms. The van der Waals surface area contributed by atoms with Crippen molar-refractivity contribution in [3.63, 3.8) is 0 Å². The van der Waals surface area contributed by atoms with Crippen LogP contribution in [-0.4, -0.2) is 118 Å². The van der Waals surface area contributed by atoms with E-state index in [0.717, 1.165) is 63.3 Å². The lowest BCUT2D eigenvalue weighted by Gasteiger charge is -2.23. The molecule has 326 valence electrons. The minimum atomic E-state index is -1.07. The molecular formula is C44H52FN11O6. The van der Waals surface area contributed by atoms with Gasteiger partial charge in [0.1, 0.15) is 18.8 Å². The van der Waals surface area contributed by atoms with Gasteiger partial charge in [-0.15, -0.1) is 5.10 Å². The Kier molecular flexibility index (Phi) is 13.8. The third-order valence-corrected chi connectivity index (χ3v) is 11.2. The first-order valence-corrected chi connectivity index (χ1v) is 20.8. The molecule has 4 heterocycles. The molecule has 0 aliphatic carbocycles. The molecule has 2 aliphatic rings. The third kappa shape index (κ3) is 9.42. The molecule has 3 aromatic carbocycles. The molecule has 0 fully saturated rings. The fourth-order valence-electron chi connectivity index (χ4n) is 8.19. The van der Waals surface area contributed by atoms with E-state index in [1.807, 2.05) is 13.2 Å². The van der Waals surface area contributed by atoms with Crippen LogP contribution in [-0.2, 0) is 47.0 Å². The summed E-state index contributed by atoms with van der Waals surface area (Å²) in [6, 6.07) is 15.1. The van der Waals surface area contributed by atoms with E-state index in [0.29, 0.717) is 56.7 Å². The van der Waals surface area contributed by atoms with Crippen molar-refractivity contribution in [2.75, 3.05) is 53.3 Å². The number of hydroxylamine groups is 2. The second kappa shape index (κ2) is 19.6. The SMILES string of the molecule is CNCc1ccc(-c2c3c4c(cc(F)cc4n2CCCCc2cn(CN(C)OCCN(C)Nc4cccc5c4C(=O)N(C(C=O)CCC(=O)NC)C5=O)nn2)C(=O)NCC3)cc1. The fourth-order valence-corrected chi connectivity index (χ4v) is 8.19. The van der Waals surface area contributed by atoms with Crippen LogP contribution in [0.15, 0.2) is 60.8 Å². The van der Waals surface area contributed by atoms with Gasteiger partial charge in [0.2, 0.25) is 5.91 Å². The van der Waals surface area contributed by atoms with E-state index in [1.165, 1.54) is 19.2 Å². The molecule has 0 radical (unpaired) electrons. The normalized spacial score (nSPS) is 14.1. The molecule has 2 aliphatic heterocycles. The average molecular weight is 850 g/mol. The third-order valence-electron chi connectivity index (χ3n) is 11.2. The van der Waals surface area contributed by atoms with Gasteiger partial charge in [-0.3, -0.25) is 28.9 Å². The molecule has 4 amide bonds. The summed E-state index contributed by atoms with van der Waals surface area (Å²) < 4.78 is 18.9. The number of aldehydes is 1. The number of nitrogens with one attached hydrogen (secondary N) is 4. The van der Waals surface area contributed by atoms with E-state index < -0.39 is 23.7 Å². The van der Waals surface area contributed by atoms with Gasteiger partial charge in [-0.2, -0.15) is 5.06 Å². The first-order valence-electron chi connectivity index (χ1n) is 20.8. The number of hydrogen-bond acceptors (Lipinski definition) is 12. The van der Waals surface area contributed by atoms with E-state index in [-0.39, 0.29) is 42.4 Å². The number of imide groups is 1. The van der Waals surface area contributed by atoms with Crippen molar-refractivity contribution in [2.24, 2.45) is 0 Å². The fraction of sp³-hybridized carbons (Fsp3) is 0.386. The number of aryl methyl sites for hydroxylation is 2. The molecule has 2 aromatic heterocycles. The first kappa shape index (κ1) is 43.7. The summed E-state index contributed by atoms with van der Waals surface area (Å²) in [4.78, 5) is 70.1. The Bertz CT molecular complexity index is 2470. The molecule has 1 atom stereocenters. The number of amides is 4. The van der Waals surface area contributed by atoms with Gasteiger partial charge in [-0.05, 0) is 80.1 Å². The van der Waals surface area contributed by atoms with Crippen LogP contribution in [0.4, 0.5) is 10.1 Å². The number of likely N-dealkylation sites (N-methyl/N-ethyl adjacent to an activating group) is 1. The maximum atomic E-state index is 15.0. The Labute approximate surface area is 358 Å². The smallest absolute Gasteiger partial charge is 0.264 e. The molecule has 4 N–H and O–H groups in total. The minimum absolute atomic E-state index is 0.00700. The van der Waals surface area contributed by atoms with E-state index in [4.69, 9.17) is 4.84 Å². The lowest BCUT2D eigenvalue weighted by Crippen LogP contribution is -2.41. The number of carbonyl (C=O) groups is 5. The van der Waals surface area contributed by atoms with Crippen molar-refractivity contribution in [3.8, 4) is 11.3 Å². The number of rotatable bonds is 21. The quantitative estimate of drug-likeness (QED) is 0.0365. The van der Waals surface area contributed by atoms with Crippen molar-refractivity contribution >= 4 is 46.5 Å². The zero-order chi connectivity index (χ0) is 43.9. The summed E-state index contributed by atoms with van der Waals surface area (Å²) >= 11 is 0. The summed E-state index contributed by atoms with van der Waals surface area (Å²) in [6.07, 6.45) is 5.34. The van der Waals surface area contributed by atoms with E-state index in [1.54, 1.807) is 47.0 Å². The van der Waals surface area contributed by atoms with Crippen LogP contribution in [0, 0.1) is 5.82 Å². The Hall–Kier alpha value is -6.34. The summed E-state index contributed by atoms with van der Waals surface area (Å²) in [5.41, 5.74) is 10.1. The number of halogens is 1.